The molecule has 0 aliphatic carbocycles. The molecule has 2 N–H and O–H groups in total. The third-order valence-electron chi connectivity index (χ3n) is 5.04. The maximum Gasteiger partial charge on any atom is 0.414 e. The van der Waals surface area contributed by atoms with E-state index in [0.717, 1.165) is 23.2 Å². The predicted molar refractivity (Wildman–Crippen MR) is 108 cm³/mol. The normalized spacial score (nSPS) is 22.2. The number of benzene rings is 1. The molecule has 3 heterocycles. The first-order valence-corrected chi connectivity index (χ1v) is 10.8. The largest absolute Gasteiger partial charge is 0.473 e. The molecule has 2 aliphatic rings. The highest BCUT2D eigenvalue weighted by atomic mass is 32.2. The zero-order chi connectivity index (χ0) is 20.8. The fraction of sp³-hybridized carbons (Fsp3) is 0.421. The molecular weight excluding hydrogens is 412 g/mol. The predicted octanol–water partition coefficient (Wildman–Crippen LogP) is 2.67. The third kappa shape index (κ3) is 5.53. The van der Waals surface area contributed by atoms with Crippen molar-refractivity contribution in [1.82, 2.24) is 13.6 Å². The minimum absolute atomic E-state index is 0.569. The molecule has 1 unspecified atom stereocenters. The van der Waals surface area contributed by atoms with Gasteiger partial charge in [-0.3, -0.25) is 0 Å². The Morgan fingerprint density at radius 3 is 2.55 bits per heavy atom. The van der Waals surface area contributed by atoms with Gasteiger partial charge in [0.05, 0.1) is 29.1 Å². The van der Waals surface area contributed by atoms with E-state index in [4.69, 9.17) is 25.1 Å². The van der Waals surface area contributed by atoms with Gasteiger partial charge in [-0.2, -0.15) is 14.0 Å². The standard InChI is InChI=1S/C17H18N4S2.C2H2O4/c18-8-12-3-5-13(6-4-12)11-22-17-16(19-23-20-17)15-10-21-7-1-2-14(15)9-21;3-1(4)2(5)6/h3-6,14-15H,1-2,7,9-11H2;(H,3,4)(H,5,6)/t14-,15+;/m0./s1. The topological polar surface area (TPSA) is 127 Å². The summed E-state index contributed by atoms with van der Waals surface area (Å²) in [4.78, 5) is 20.8. The molecule has 0 spiro atoms. The van der Waals surface area contributed by atoms with Gasteiger partial charge >= 0.3 is 11.9 Å². The molecule has 2 saturated heterocycles. The first-order valence-electron chi connectivity index (χ1n) is 9.10. The number of rotatable bonds is 4. The third-order valence-corrected chi connectivity index (χ3v) is 6.75. The van der Waals surface area contributed by atoms with Crippen LogP contribution in [0.4, 0.5) is 0 Å². The maximum absolute atomic E-state index is 9.10. The van der Waals surface area contributed by atoms with Gasteiger partial charge in [0.25, 0.3) is 0 Å². The molecular formula is C19H20N4O4S2. The zero-order valence-electron chi connectivity index (χ0n) is 15.5. The van der Waals surface area contributed by atoms with E-state index in [0.29, 0.717) is 11.5 Å². The van der Waals surface area contributed by atoms with Gasteiger partial charge in [0.15, 0.2) is 0 Å². The van der Waals surface area contributed by atoms with Crippen molar-refractivity contribution in [3.05, 3.63) is 41.1 Å². The van der Waals surface area contributed by atoms with Crippen LogP contribution in [-0.4, -0.2) is 55.4 Å². The lowest BCUT2D eigenvalue weighted by atomic mass is 9.89. The number of carboxylic acids is 2. The minimum atomic E-state index is -1.82. The molecule has 0 radical (unpaired) electrons. The summed E-state index contributed by atoms with van der Waals surface area (Å²) in [6, 6.07) is 9.97. The molecule has 0 amide bonds. The van der Waals surface area contributed by atoms with Crippen LogP contribution in [0.25, 0.3) is 0 Å². The molecule has 10 heteroatoms. The van der Waals surface area contributed by atoms with Crippen LogP contribution in [-0.2, 0) is 15.3 Å². The van der Waals surface area contributed by atoms with Crippen LogP contribution >= 0.6 is 23.5 Å². The number of fused-ring (bicyclic) bond motifs is 2. The second-order valence-electron chi connectivity index (χ2n) is 6.93. The van der Waals surface area contributed by atoms with Gasteiger partial charge in [0, 0.05) is 24.8 Å². The molecule has 152 valence electrons. The summed E-state index contributed by atoms with van der Waals surface area (Å²) in [5.41, 5.74) is 3.16. The zero-order valence-corrected chi connectivity index (χ0v) is 17.2. The number of carboxylic acid groups (broad SMARTS) is 2. The second kappa shape index (κ2) is 9.82. The molecule has 2 aliphatic heterocycles. The maximum atomic E-state index is 9.10. The van der Waals surface area contributed by atoms with Crippen molar-refractivity contribution in [2.24, 2.45) is 5.92 Å². The summed E-state index contributed by atoms with van der Waals surface area (Å²) in [6.45, 7) is 3.64. The van der Waals surface area contributed by atoms with E-state index in [1.54, 1.807) is 11.8 Å². The van der Waals surface area contributed by atoms with Gasteiger partial charge in [-0.15, -0.1) is 0 Å². The van der Waals surface area contributed by atoms with Crippen LogP contribution in [0, 0.1) is 17.2 Å². The molecule has 1 aromatic carbocycles. The number of hydrogen-bond donors (Lipinski definition) is 2. The molecule has 2 aromatic rings. The highest BCUT2D eigenvalue weighted by Gasteiger charge is 2.38. The molecule has 4 rings (SSSR count). The average Bonchev–Trinajstić information content (AvgIpc) is 3.30. The summed E-state index contributed by atoms with van der Waals surface area (Å²) in [7, 11) is 0. The number of nitriles is 1. The van der Waals surface area contributed by atoms with E-state index in [9.17, 15) is 0 Å². The summed E-state index contributed by atoms with van der Waals surface area (Å²) >= 11 is 3.12. The molecule has 8 nitrogen and oxygen atoms in total. The monoisotopic (exact) mass is 432 g/mol. The summed E-state index contributed by atoms with van der Waals surface area (Å²) in [5.74, 6) is -1.43. The van der Waals surface area contributed by atoms with Gasteiger partial charge < -0.3 is 15.1 Å². The van der Waals surface area contributed by atoms with Crippen molar-refractivity contribution in [3.63, 3.8) is 0 Å². The smallest absolute Gasteiger partial charge is 0.414 e. The number of carbonyl (C=O) groups is 2. The van der Waals surface area contributed by atoms with E-state index < -0.39 is 11.9 Å². The minimum Gasteiger partial charge on any atom is -0.473 e. The molecule has 1 aromatic heterocycles. The number of hydrogen-bond acceptors (Lipinski definition) is 8. The van der Waals surface area contributed by atoms with Crippen LogP contribution < -0.4 is 0 Å². The average molecular weight is 433 g/mol. The summed E-state index contributed by atoms with van der Waals surface area (Å²) < 4.78 is 9.18. The van der Waals surface area contributed by atoms with E-state index in [1.165, 1.54) is 48.9 Å². The molecule has 29 heavy (non-hydrogen) atoms. The number of nitrogens with zero attached hydrogens (tertiary/aromatic N) is 4. The van der Waals surface area contributed by atoms with Crippen molar-refractivity contribution < 1.29 is 19.8 Å². The SMILES string of the molecule is N#Cc1ccc(CSc2nsnc2[C@@H]2CN3CCC[C@H]2C3)cc1.O=C(O)C(=O)O. The van der Waals surface area contributed by atoms with Crippen molar-refractivity contribution in [2.45, 2.75) is 29.5 Å². The highest BCUT2D eigenvalue weighted by Crippen LogP contribution is 2.41. The first kappa shape index (κ1) is 21.2. The number of aliphatic carboxylic acids is 2. The Labute approximate surface area is 176 Å². The number of piperidine rings is 1. The number of aromatic nitrogens is 2. The van der Waals surface area contributed by atoms with Crippen molar-refractivity contribution >= 4 is 35.4 Å². The summed E-state index contributed by atoms with van der Waals surface area (Å²) in [6.07, 6.45) is 2.66. The quantitative estimate of drug-likeness (QED) is 0.553. The van der Waals surface area contributed by atoms with Gasteiger partial charge in [-0.05, 0) is 43.0 Å². The molecule has 2 fully saturated rings. The lowest BCUT2D eigenvalue weighted by molar-refractivity contribution is -0.159. The fourth-order valence-corrected chi connectivity index (χ4v) is 5.39. The lowest BCUT2D eigenvalue weighted by Gasteiger charge is -2.21. The van der Waals surface area contributed by atoms with Gasteiger partial charge in [0.1, 0.15) is 5.03 Å². The van der Waals surface area contributed by atoms with Crippen molar-refractivity contribution in [3.8, 4) is 6.07 Å². The van der Waals surface area contributed by atoms with Crippen LogP contribution in [0.3, 0.4) is 0 Å². The fourth-order valence-electron chi connectivity index (χ4n) is 3.66. The Morgan fingerprint density at radius 2 is 1.93 bits per heavy atom. The number of thioether (sulfide) groups is 1. The van der Waals surface area contributed by atoms with Gasteiger partial charge in [-0.1, -0.05) is 23.9 Å². The van der Waals surface area contributed by atoms with Crippen LogP contribution in [0.1, 0.15) is 35.6 Å². The lowest BCUT2D eigenvalue weighted by Crippen LogP contribution is -2.25. The Balaban J connectivity index is 0.000000353. The van der Waals surface area contributed by atoms with Gasteiger partial charge in [0.2, 0.25) is 0 Å². The highest BCUT2D eigenvalue weighted by molar-refractivity contribution is 7.98. The molecule has 0 saturated carbocycles. The molecule has 3 atom stereocenters. The van der Waals surface area contributed by atoms with Crippen LogP contribution in [0.2, 0.25) is 0 Å². The van der Waals surface area contributed by atoms with Gasteiger partial charge in [-0.25, -0.2) is 9.59 Å². The summed E-state index contributed by atoms with van der Waals surface area (Å²) in [5, 5.41) is 24.8. The van der Waals surface area contributed by atoms with Crippen molar-refractivity contribution in [1.29, 1.82) is 5.26 Å². The Kier molecular flexibility index (Phi) is 7.19. The van der Waals surface area contributed by atoms with Crippen LogP contribution in [0.15, 0.2) is 29.3 Å². The Hall–Kier alpha value is -2.48. The first-order chi connectivity index (χ1) is 14.0. The van der Waals surface area contributed by atoms with E-state index in [2.05, 4.69) is 19.7 Å². The second-order valence-corrected chi connectivity index (χ2v) is 8.42. The van der Waals surface area contributed by atoms with E-state index in [-0.39, 0.29) is 0 Å². The van der Waals surface area contributed by atoms with Crippen molar-refractivity contribution in [2.75, 3.05) is 19.6 Å². The van der Waals surface area contributed by atoms with Crippen LogP contribution in [0.5, 0.6) is 0 Å². The molecule has 2 bridgehead atoms. The van der Waals surface area contributed by atoms with E-state index >= 15 is 0 Å². The Morgan fingerprint density at radius 1 is 1.21 bits per heavy atom. The Bertz CT molecular complexity index is 898. The van der Waals surface area contributed by atoms with E-state index in [1.807, 2.05) is 24.3 Å².